The topological polar surface area (TPSA) is 63.7 Å². The molecule has 130 valence electrons. The first kappa shape index (κ1) is 15.3. The molecule has 5 nitrogen and oxygen atoms in total. The molecule has 5 rings (SSSR count). The van der Waals surface area contributed by atoms with Crippen molar-refractivity contribution in [3.05, 3.63) is 65.7 Å². The molecule has 1 amide bonds. The predicted molar refractivity (Wildman–Crippen MR) is 93.8 cm³/mol. The number of rotatable bonds is 2. The SMILES string of the molecule is COC(=O)C12C(=O)CC3C1C2c1ccccc1N3C(=O)c1ccccc1. The molecule has 1 heterocycles. The number of para-hydroxylation sites is 1. The van der Waals surface area contributed by atoms with Crippen molar-refractivity contribution in [1.29, 1.82) is 0 Å². The molecule has 26 heavy (non-hydrogen) atoms. The number of methoxy groups -OCH3 is 1. The lowest BCUT2D eigenvalue weighted by atomic mass is 9.88. The largest absolute Gasteiger partial charge is 0.468 e. The third kappa shape index (κ3) is 1.63. The van der Waals surface area contributed by atoms with Crippen molar-refractivity contribution in [3.8, 4) is 0 Å². The molecular formula is C21H17NO4. The molecule has 5 heteroatoms. The molecule has 2 aromatic carbocycles. The molecule has 2 saturated carbocycles. The third-order valence-corrected chi connectivity index (χ3v) is 6.16. The second-order valence-corrected chi connectivity index (χ2v) is 7.16. The lowest BCUT2D eigenvalue weighted by Gasteiger charge is -2.36. The van der Waals surface area contributed by atoms with Gasteiger partial charge in [-0.3, -0.25) is 14.4 Å². The van der Waals surface area contributed by atoms with Gasteiger partial charge in [0, 0.05) is 35.5 Å². The number of anilines is 1. The van der Waals surface area contributed by atoms with Crippen LogP contribution < -0.4 is 4.90 Å². The van der Waals surface area contributed by atoms with Crippen LogP contribution in [0.5, 0.6) is 0 Å². The van der Waals surface area contributed by atoms with E-state index in [9.17, 15) is 14.4 Å². The Morgan fingerprint density at radius 3 is 2.50 bits per heavy atom. The average molecular weight is 347 g/mol. The molecule has 2 fully saturated rings. The third-order valence-electron chi connectivity index (χ3n) is 6.16. The van der Waals surface area contributed by atoms with Crippen LogP contribution in [-0.4, -0.2) is 30.8 Å². The first-order chi connectivity index (χ1) is 12.6. The predicted octanol–water partition coefficient (Wildman–Crippen LogP) is 2.56. The molecule has 0 aromatic heterocycles. The van der Waals surface area contributed by atoms with Crippen LogP contribution in [0, 0.1) is 11.3 Å². The van der Waals surface area contributed by atoms with Crippen molar-refractivity contribution in [2.45, 2.75) is 18.4 Å². The first-order valence-corrected chi connectivity index (χ1v) is 8.71. The van der Waals surface area contributed by atoms with Gasteiger partial charge in [0.1, 0.15) is 5.41 Å². The normalized spacial score (nSPS) is 30.4. The van der Waals surface area contributed by atoms with Crippen LogP contribution in [0.2, 0.25) is 0 Å². The molecule has 2 aliphatic carbocycles. The minimum atomic E-state index is -1.11. The van der Waals surface area contributed by atoms with Crippen LogP contribution >= 0.6 is 0 Å². The highest BCUT2D eigenvalue weighted by molar-refractivity contribution is 6.16. The maximum Gasteiger partial charge on any atom is 0.320 e. The molecule has 0 spiro atoms. The number of carbonyl (C=O) groups is 3. The molecule has 4 unspecified atom stereocenters. The zero-order valence-corrected chi connectivity index (χ0v) is 14.2. The number of amides is 1. The Morgan fingerprint density at radius 2 is 1.77 bits per heavy atom. The lowest BCUT2D eigenvalue weighted by molar-refractivity contribution is -0.151. The molecule has 0 radical (unpaired) electrons. The summed E-state index contributed by atoms with van der Waals surface area (Å²) in [6.07, 6.45) is 0.198. The Morgan fingerprint density at radius 1 is 1.08 bits per heavy atom. The van der Waals surface area contributed by atoms with E-state index in [1.165, 1.54) is 7.11 Å². The van der Waals surface area contributed by atoms with Crippen LogP contribution in [0.1, 0.15) is 28.3 Å². The Labute approximate surface area is 150 Å². The van der Waals surface area contributed by atoms with Gasteiger partial charge in [-0.2, -0.15) is 0 Å². The van der Waals surface area contributed by atoms with Gasteiger partial charge in [0.05, 0.1) is 7.11 Å². The number of hydrogen-bond donors (Lipinski definition) is 0. The Kier molecular flexibility index (Phi) is 2.97. The zero-order valence-electron chi connectivity index (χ0n) is 14.2. The molecule has 2 aromatic rings. The van der Waals surface area contributed by atoms with Gasteiger partial charge in [-0.1, -0.05) is 36.4 Å². The molecule has 1 aliphatic heterocycles. The number of Topliss-reactive ketones (excluding diaryl/α,β-unsaturated/α-hetero) is 1. The van der Waals surface area contributed by atoms with Crippen LogP contribution in [0.4, 0.5) is 5.69 Å². The van der Waals surface area contributed by atoms with E-state index in [4.69, 9.17) is 4.74 Å². The number of esters is 1. The van der Waals surface area contributed by atoms with Gasteiger partial charge >= 0.3 is 5.97 Å². The summed E-state index contributed by atoms with van der Waals surface area (Å²) in [5.74, 6) is -1.09. The van der Waals surface area contributed by atoms with Crippen molar-refractivity contribution in [1.82, 2.24) is 0 Å². The summed E-state index contributed by atoms with van der Waals surface area (Å²) in [5, 5.41) is 0. The minimum Gasteiger partial charge on any atom is -0.468 e. The monoisotopic (exact) mass is 347 g/mol. The van der Waals surface area contributed by atoms with E-state index in [0.29, 0.717) is 5.56 Å². The van der Waals surface area contributed by atoms with Gasteiger partial charge < -0.3 is 9.64 Å². The van der Waals surface area contributed by atoms with E-state index in [2.05, 4.69) is 0 Å². The number of hydrogen-bond acceptors (Lipinski definition) is 4. The smallest absolute Gasteiger partial charge is 0.320 e. The van der Waals surface area contributed by atoms with E-state index >= 15 is 0 Å². The molecular weight excluding hydrogens is 330 g/mol. The van der Waals surface area contributed by atoms with Crippen molar-refractivity contribution in [3.63, 3.8) is 0 Å². The quantitative estimate of drug-likeness (QED) is 0.619. The molecule has 0 saturated heterocycles. The summed E-state index contributed by atoms with van der Waals surface area (Å²) >= 11 is 0. The highest BCUT2D eigenvalue weighted by Gasteiger charge is 2.83. The fraction of sp³-hybridized carbons (Fsp3) is 0.286. The Balaban J connectivity index is 1.67. The van der Waals surface area contributed by atoms with Crippen LogP contribution in [-0.2, 0) is 14.3 Å². The van der Waals surface area contributed by atoms with Crippen molar-refractivity contribution in [2.24, 2.45) is 11.3 Å². The fourth-order valence-corrected chi connectivity index (χ4v) is 5.15. The van der Waals surface area contributed by atoms with E-state index < -0.39 is 11.4 Å². The van der Waals surface area contributed by atoms with Crippen molar-refractivity contribution < 1.29 is 19.1 Å². The number of fused-ring (bicyclic) bond motifs is 3. The summed E-state index contributed by atoms with van der Waals surface area (Å²) in [6.45, 7) is 0. The van der Waals surface area contributed by atoms with E-state index in [-0.39, 0.29) is 36.0 Å². The second kappa shape index (κ2) is 5.04. The number of ketones is 1. The van der Waals surface area contributed by atoms with Crippen molar-refractivity contribution >= 4 is 23.3 Å². The molecule has 0 N–H and O–H groups in total. The maximum atomic E-state index is 13.3. The Bertz CT molecular complexity index is 953. The maximum absolute atomic E-state index is 13.3. The summed E-state index contributed by atoms with van der Waals surface area (Å²) in [4.78, 5) is 40.4. The van der Waals surface area contributed by atoms with Crippen LogP contribution in [0.25, 0.3) is 0 Å². The number of benzene rings is 2. The van der Waals surface area contributed by atoms with Crippen molar-refractivity contribution in [2.75, 3.05) is 12.0 Å². The summed E-state index contributed by atoms with van der Waals surface area (Å²) in [7, 11) is 1.32. The van der Waals surface area contributed by atoms with Gasteiger partial charge in [0.25, 0.3) is 5.91 Å². The summed E-state index contributed by atoms with van der Waals surface area (Å²) in [6, 6.07) is 16.3. The highest BCUT2D eigenvalue weighted by atomic mass is 16.5. The summed E-state index contributed by atoms with van der Waals surface area (Å²) < 4.78 is 4.99. The number of carbonyl (C=O) groups excluding carboxylic acids is 3. The van der Waals surface area contributed by atoms with E-state index in [1.54, 1.807) is 17.0 Å². The van der Waals surface area contributed by atoms with E-state index in [0.717, 1.165) is 11.3 Å². The fourth-order valence-electron chi connectivity index (χ4n) is 5.15. The second-order valence-electron chi connectivity index (χ2n) is 7.16. The van der Waals surface area contributed by atoms with Gasteiger partial charge in [-0.05, 0) is 23.8 Å². The Hall–Kier alpha value is -2.95. The minimum absolute atomic E-state index is 0.107. The standard InChI is InChI=1S/C21H17NO4/c1-26-20(25)21-16(23)11-15-18(21)17(21)13-9-5-6-10-14(13)22(15)19(24)12-7-3-2-4-8-12/h2-10,15,17-18H,11H2,1H3. The number of ether oxygens (including phenoxy) is 1. The lowest BCUT2D eigenvalue weighted by Crippen LogP contribution is -2.44. The van der Waals surface area contributed by atoms with Gasteiger partial charge in [-0.25, -0.2) is 0 Å². The highest BCUT2D eigenvalue weighted by Crippen LogP contribution is 2.76. The molecule has 0 bridgehead atoms. The van der Waals surface area contributed by atoms with Gasteiger partial charge in [0.15, 0.2) is 5.78 Å². The summed E-state index contributed by atoms with van der Waals surface area (Å²) in [5.41, 5.74) is 1.15. The molecule has 3 aliphatic rings. The average Bonchev–Trinajstić information content (AvgIpc) is 3.30. The van der Waals surface area contributed by atoms with Crippen LogP contribution in [0.15, 0.2) is 54.6 Å². The number of nitrogens with zero attached hydrogens (tertiary/aromatic N) is 1. The van der Waals surface area contributed by atoms with Gasteiger partial charge in [0.2, 0.25) is 0 Å². The van der Waals surface area contributed by atoms with Gasteiger partial charge in [-0.15, -0.1) is 0 Å². The zero-order chi connectivity index (χ0) is 18.1. The molecule has 4 atom stereocenters. The first-order valence-electron chi connectivity index (χ1n) is 8.71. The van der Waals surface area contributed by atoms with Crippen LogP contribution in [0.3, 0.4) is 0 Å². The van der Waals surface area contributed by atoms with E-state index in [1.807, 2.05) is 42.5 Å².